The van der Waals surface area contributed by atoms with E-state index in [0.29, 0.717) is 18.7 Å². The van der Waals surface area contributed by atoms with Gasteiger partial charge >= 0.3 is 0 Å². The Morgan fingerprint density at radius 3 is 2.76 bits per heavy atom. The van der Waals surface area contributed by atoms with Gasteiger partial charge in [-0.3, -0.25) is 9.59 Å². The molecule has 5 nitrogen and oxygen atoms in total. The van der Waals surface area contributed by atoms with Gasteiger partial charge in [0.25, 0.3) is 5.91 Å². The topological polar surface area (TPSA) is 84.2 Å². The van der Waals surface area contributed by atoms with E-state index in [9.17, 15) is 9.59 Å². The predicted octanol–water partition coefficient (Wildman–Crippen LogP) is 0.0112. The van der Waals surface area contributed by atoms with Gasteiger partial charge in [-0.05, 0) is 17.7 Å². The van der Waals surface area contributed by atoms with Crippen LogP contribution in [0.15, 0.2) is 24.3 Å². The van der Waals surface area contributed by atoms with Gasteiger partial charge in [-0.1, -0.05) is 12.1 Å². The average molecular weight is 235 g/mol. The van der Waals surface area contributed by atoms with E-state index in [-0.39, 0.29) is 18.2 Å². The number of nitrogens with two attached hydrogens (primary N) is 1. The van der Waals surface area contributed by atoms with Crippen molar-refractivity contribution in [3.63, 3.8) is 0 Å². The number of amides is 2. The zero-order valence-corrected chi connectivity index (χ0v) is 9.82. The minimum Gasteiger partial charge on any atom is -0.359 e. The second-order valence-corrected chi connectivity index (χ2v) is 3.58. The van der Waals surface area contributed by atoms with Crippen molar-refractivity contribution in [1.82, 2.24) is 10.6 Å². The molecule has 0 aliphatic rings. The zero-order chi connectivity index (χ0) is 12.7. The summed E-state index contributed by atoms with van der Waals surface area (Å²) >= 11 is 0. The lowest BCUT2D eigenvalue weighted by Crippen LogP contribution is -2.29. The van der Waals surface area contributed by atoms with Crippen molar-refractivity contribution < 1.29 is 9.59 Å². The van der Waals surface area contributed by atoms with Crippen LogP contribution in [0.2, 0.25) is 0 Å². The molecule has 0 unspecified atom stereocenters. The smallest absolute Gasteiger partial charge is 0.251 e. The molecule has 0 saturated heterocycles. The van der Waals surface area contributed by atoms with E-state index in [0.717, 1.165) is 5.56 Å². The van der Waals surface area contributed by atoms with Crippen LogP contribution in [0.3, 0.4) is 0 Å². The molecule has 0 bridgehead atoms. The monoisotopic (exact) mass is 235 g/mol. The maximum atomic E-state index is 11.7. The summed E-state index contributed by atoms with van der Waals surface area (Å²) in [5.74, 6) is -0.287. The first-order valence-corrected chi connectivity index (χ1v) is 5.45. The molecule has 0 aliphatic heterocycles. The summed E-state index contributed by atoms with van der Waals surface area (Å²) in [5, 5.41) is 5.16. The van der Waals surface area contributed by atoms with Crippen LogP contribution >= 0.6 is 0 Å². The van der Waals surface area contributed by atoms with Gasteiger partial charge in [-0.25, -0.2) is 0 Å². The Hall–Kier alpha value is -1.88. The molecular weight excluding hydrogens is 218 g/mol. The van der Waals surface area contributed by atoms with E-state index in [1.807, 2.05) is 6.07 Å². The zero-order valence-electron chi connectivity index (χ0n) is 9.82. The summed E-state index contributed by atoms with van der Waals surface area (Å²) in [4.78, 5) is 22.7. The SMILES string of the molecule is CNC(=O)CCNC(=O)c1cccc(CN)c1. The van der Waals surface area contributed by atoms with E-state index in [1.165, 1.54) is 0 Å². The molecule has 0 heterocycles. The van der Waals surface area contributed by atoms with Crippen molar-refractivity contribution in [1.29, 1.82) is 0 Å². The van der Waals surface area contributed by atoms with Crippen molar-refractivity contribution in [2.75, 3.05) is 13.6 Å². The van der Waals surface area contributed by atoms with Gasteiger partial charge in [-0.2, -0.15) is 0 Å². The Balaban J connectivity index is 2.49. The molecular formula is C12H17N3O2. The maximum Gasteiger partial charge on any atom is 0.251 e. The Labute approximate surface area is 100 Å². The minimum absolute atomic E-state index is 0.0963. The van der Waals surface area contributed by atoms with Crippen LogP contribution in [-0.4, -0.2) is 25.4 Å². The molecule has 1 aromatic carbocycles. The Kier molecular flexibility index (Phi) is 5.16. The van der Waals surface area contributed by atoms with Crippen molar-refractivity contribution in [3.05, 3.63) is 35.4 Å². The number of rotatable bonds is 5. The number of hydrogen-bond donors (Lipinski definition) is 3. The van der Waals surface area contributed by atoms with Crippen LogP contribution in [0, 0.1) is 0 Å². The quantitative estimate of drug-likeness (QED) is 0.672. The normalized spacial score (nSPS) is 9.76. The van der Waals surface area contributed by atoms with Crippen LogP contribution < -0.4 is 16.4 Å². The number of nitrogens with one attached hydrogen (secondary N) is 2. The van der Waals surface area contributed by atoms with Crippen LogP contribution in [0.5, 0.6) is 0 Å². The summed E-state index contributed by atoms with van der Waals surface area (Å²) in [6, 6.07) is 7.11. The largest absolute Gasteiger partial charge is 0.359 e. The minimum atomic E-state index is -0.191. The molecule has 17 heavy (non-hydrogen) atoms. The molecule has 2 amide bonds. The molecule has 1 aromatic rings. The fourth-order valence-electron chi connectivity index (χ4n) is 1.36. The highest BCUT2D eigenvalue weighted by Gasteiger charge is 2.06. The molecule has 1 rings (SSSR count). The molecule has 5 heteroatoms. The third-order valence-electron chi connectivity index (χ3n) is 2.34. The molecule has 0 atom stereocenters. The van der Waals surface area contributed by atoms with Crippen LogP contribution in [0.4, 0.5) is 0 Å². The van der Waals surface area contributed by atoms with E-state index >= 15 is 0 Å². The summed E-state index contributed by atoms with van der Waals surface area (Å²) in [6.45, 7) is 0.727. The Morgan fingerprint density at radius 2 is 2.12 bits per heavy atom. The number of carbonyl (C=O) groups excluding carboxylic acids is 2. The van der Waals surface area contributed by atoms with Gasteiger partial charge in [0.1, 0.15) is 0 Å². The molecule has 0 aromatic heterocycles. The first-order valence-electron chi connectivity index (χ1n) is 5.45. The number of benzene rings is 1. The van der Waals surface area contributed by atoms with Gasteiger partial charge in [0.05, 0.1) is 0 Å². The van der Waals surface area contributed by atoms with Gasteiger partial charge in [-0.15, -0.1) is 0 Å². The van der Waals surface area contributed by atoms with Crippen molar-refractivity contribution in [2.45, 2.75) is 13.0 Å². The fraction of sp³-hybridized carbons (Fsp3) is 0.333. The lowest BCUT2D eigenvalue weighted by atomic mass is 10.1. The molecule has 4 N–H and O–H groups in total. The molecule has 0 saturated carbocycles. The number of carbonyl (C=O) groups is 2. The van der Waals surface area contributed by atoms with Crippen LogP contribution in [0.25, 0.3) is 0 Å². The third-order valence-corrected chi connectivity index (χ3v) is 2.34. The lowest BCUT2D eigenvalue weighted by molar-refractivity contribution is -0.120. The molecule has 0 fully saturated rings. The Bertz CT molecular complexity index is 404. The van der Waals surface area contributed by atoms with Crippen molar-refractivity contribution in [2.24, 2.45) is 5.73 Å². The van der Waals surface area contributed by atoms with Gasteiger partial charge in [0, 0.05) is 32.1 Å². The third kappa shape index (κ3) is 4.24. The second-order valence-electron chi connectivity index (χ2n) is 3.58. The van der Waals surface area contributed by atoms with E-state index in [4.69, 9.17) is 5.73 Å². The molecule has 0 aliphatic carbocycles. The molecule has 92 valence electrons. The first-order chi connectivity index (χ1) is 8.17. The average Bonchev–Trinajstić information content (AvgIpc) is 2.38. The standard InChI is InChI=1S/C12H17N3O2/c1-14-11(16)5-6-15-12(17)10-4-2-3-9(7-10)8-13/h2-4,7H,5-6,8,13H2,1H3,(H,14,16)(H,15,17). The highest BCUT2D eigenvalue weighted by atomic mass is 16.2. The summed E-state index contributed by atoms with van der Waals surface area (Å²) in [7, 11) is 1.56. The van der Waals surface area contributed by atoms with Gasteiger partial charge < -0.3 is 16.4 Å². The summed E-state index contributed by atoms with van der Waals surface area (Å²) in [6.07, 6.45) is 0.277. The van der Waals surface area contributed by atoms with E-state index in [1.54, 1.807) is 25.2 Å². The highest BCUT2D eigenvalue weighted by molar-refractivity contribution is 5.94. The van der Waals surface area contributed by atoms with Crippen molar-refractivity contribution >= 4 is 11.8 Å². The first kappa shape index (κ1) is 13.2. The van der Waals surface area contributed by atoms with Crippen LogP contribution in [0.1, 0.15) is 22.3 Å². The molecule has 0 radical (unpaired) electrons. The second kappa shape index (κ2) is 6.65. The predicted molar refractivity (Wildman–Crippen MR) is 65.4 cm³/mol. The molecule has 0 spiro atoms. The lowest BCUT2D eigenvalue weighted by Gasteiger charge is -2.05. The van der Waals surface area contributed by atoms with Gasteiger partial charge in [0.2, 0.25) is 5.91 Å². The Morgan fingerprint density at radius 1 is 1.35 bits per heavy atom. The maximum absolute atomic E-state index is 11.7. The van der Waals surface area contributed by atoms with Gasteiger partial charge in [0.15, 0.2) is 0 Å². The summed E-state index contributed by atoms with van der Waals surface area (Å²) in [5.41, 5.74) is 6.96. The van der Waals surface area contributed by atoms with E-state index < -0.39 is 0 Å². The fourth-order valence-corrected chi connectivity index (χ4v) is 1.36. The number of hydrogen-bond acceptors (Lipinski definition) is 3. The van der Waals surface area contributed by atoms with E-state index in [2.05, 4.69) is 10.6 Å². The summed E-state index contributed by atoms with van der Waals surface area (Å²) < 4.78 is 0. The highest BCUT2D eigenvalue weighted by Crippen LogP contribution is 2.04. The van der Waals surface area contributed by atoms with Crippen molar-refractivity contribution in [3.8, 4) is 0 Å². The van der Waals surface area contributed by atoms with Crippen LogP contribution in [-0.2, 0) is 11.3 Å².